The lowest BCUT2D eigenvalue weighted by molar-refractivity contribution is -0.126. The molecule has 0 aliphatic carbocycles. The Morgan fingerprint density at radius 3 is 1.00 bits per heavy atom. The summed E-state index contributed by atoms with van der Waals surface area (Å²) in [5.74, 6) is 0.0703. The highest BCUT2D eigenvalue weighted by Gasteiger charge is 2.42. The first-order valence-corrected chi connectivity index (χ1v) is 15.5. The fourth-order valence-corrected chi connectivity index (χ4v) is 9.14. The van der Waals surface area contributed by atoms with Crippen molar-refractivity contribution in [2.45, 2.75) is 80.3 Å². The van der Waals surface area contributed by atoms with Crippen molar-refractivity contribution in [2.24, 2.45) is 11.8 Å². The predicted molar refractivity (Wildman–Crippen MR) is 123 cm³/mol. The summed E-state index contributed by atoms with van der Waals surface area (Å²) in [6.45, 7) is 18.9. The summed E-state index contributed by atoms with van der Waals surface area (Å²) in [4.78, 5) is 13.0. The standard InChI is InChI=1S/C21H46O7Si2/c1-9-23-29(24-10-2,25-11-3)17-15-19(7)21(22)20(8)16-18-30(26-12-4,27-13-5)28-14-6/h19-20H,9-18H2,1-8H3. The van der Waals surface area contributed by atoms with Gasteiger partial charge in [-0.05, 0) is 54.4 Å². The summed E-state index contributed by atoms with van der Waals surface area (Å²) in [6, 6.07) is 1.30. The normalized spacial score (nSPS) is 14.7. The van der Waals surface area contributed by atoms with Crippen molar-refractivity contribution in [1.29, 1.82) is 0 Å². The van der Waals surface area contributed by atoms with Crippen LogP contribution in [0.2, 0.25) is 12.1 Å². The summed E-state index contributed by atoms with van der Waals surface area (Å²) in [7, 11) is -5.45. The van der Waals surface area contributed by atoms with Gasteiger partial charge in [0.2, 0.25) is 0 Å². The van der Waals surface area contributed by atoms with Crippen LogP contribution in [0.5, 0.6) is 0 Å². The zero-order valence-electron chi connectivity index (χ0n) is 20.6. The predicted octanol–water partition coefficient (Wildman–Crippen LogP) is 4.70. The smallest absolute Gasteiger partial charge is 0.374 e. The van der Waals surface area contributed by atoms with Gasteiger partial charge in [0.15, 0.2) is 0 Å². The Labute approximate surface area is 186 Å². The van der Waals surface area contributed by atoms with E-state index >= 15 is 0 Å². The average Bonchev–Trinajstić information content (AvgIpc) is 2.71. The van der Waals surface area contributed by atoms with E-state index in [4.69, 9.17) is 26.6 Å². The fourth-order valence-electron chi connectivity index (χ4n) is 3.56. The second-order valence-electron chi connectivity index (χ2n) is 7.25. The van der Waals surface area contributed by atoms with Crippen LogP contribution in [0.4, 0.5) is 0 Å². The molecule has 0 aromatic carbocycles. The van der Waals surface area contributed by atoms with Crippen molar-refractivity contribution in [3.63, 3.8) is 0 Å². The van der Waals surface area contributed by atoms with Gasteiger partial charge < -0.3 is 26.6 Å². The number of carbonyl (C=O) groups is 1. The van der Waals surface area contributed by atoms with Crippen LogP contribution in [0.3, 0.4) is 0 Å². The Balaban J connectivity index is 4.94. The van der Waals surface area contributed by atoms with Crippen molar-refractivity contribution in [3.8, 4) is 0 Å². The molecule has 0 saturated heterocycles. The number of carbonyl (C=O) groups excluding carboxylic acids is 1. The van der Waals surface area contributed by atoms with Crippen LogP contribution in [0.25, 0.3) is 0 Å². The van der Waals surface area contributed by atoms with E-state index in [1.54, 1.807) is 0 Å². The maximum absolute atomic E-state index is 13.0. The van der Waals surface area contributed by atoms with Gasteiger partial charge in [-0.1, -0.05) is 13.8 Å². The molecule has 2 unspecified atom stereocenters. The third-order valence-electron chi connectivity index (χ3n) is 4.92. The van der Waals surface area contributed by atoms with Crippen LogP contribution in [-0.2, 0) is 31.4 Å². The lowest BCUT2D eigenvalue weighted by Gasteiger charge is -2.30. The molecule has 0 aliphatic heterocycles. The summed E-state index contributed by atoms with van der Waals surface area (Å²) >= 11 is 0. The highest BCUT2D eigenvalue weighted by atomic mass is 28.4. The number of rotatable bonds is 20. The molecule has 0 heterocycles. The molecule has 0 aromatic rings. The van der Waals surface area contributed by atoms with Crippen molar-refractivity contribution >= 4 is 23.4 Å². The minimum atomic E-state index is -2.72. The first-order valence-electron chi connectivity index (χ1n) is 11.7. The van der Waals surface area contributed by atoms with E-state index in [0.29, 0.717) is 64.6 Å². The van der Waals surface area contributed by atoms with Gasteiger partial charge in [-0.25, -0.2) is 0 Å². The van der Waals surface area contributed by atoms with E-state index < -0.39 is 17.6 Å². The molecule has 0 aromatic heterocycles. The number of Topliss-reactive ketones (excluding diaryl/α,β-unsaturated/α-hetero) is 1. The Hall–Kier alpha value is -0.136. The van der Waals surface area contributed by atoms with Gasteiger partial charge in [0.05, 0.1) is 0 Å². The minimum Gasteiger partial charge on any atom is -0.374 e. The summed E-state index contributed by atoms with van der Waals surface area (Å²) in [5, 5.41) is 0. The molecule has 0 bridgehead atoms. The monoisotopic (exact) mass is 466 g/mol. The molecule has 0 rings (SSSR count). The third kappa shape index (κ3) is 10.5. The molecule has 180 valence electrons. The third-order valence-corrected chi connectivity index (χ3v) is 11.1. The molecule has 7 nitrogen and oxygen atoms in total. The maximum atomic E-state index is 13.0. The first kappa shape index (κ1) is 29.9. The van der Waals surface area contributed by atoms with E-state index in [1.165, 1.54) is 0 Å². The second kappa shape index (κ2) is 16.5. The molecule has 0 aliphatic rings. The lowest BCUT2D eigenvalue weighted by Crippen LogP contribution is -2.47. The average molecular weight is 467 g/mol. The Kier molecular flexibility index (Phi) is 16.4. The van der Waals surface area contributed by atoms with Crippen LogP contribution in [-0.4, -0.2) is 63.0 Å². The molecule has 30 heavy (non-hydrogen) atoms. The summed E-state index contributed by atoms with van der Waals surface area (Å²) < 4.78 is 35.5. The molecule has 0 spiro atoms. The quantitative estimate of drug-likeness (QED) is 0.241. The van der Waals surface area contributed by atoms with E-state index in [1.807, 2.05) is 55.4 Å². The first-order chi connectivity index (χ1) is 14.3. The minimum absolute atomic E-state index is 0.0874. The largest absolute Gasteiger partial charge is 0.500 e. The molecule has 9 heteroatoms. The zero-order chi connectivity index (χ0) is 23.0. The van der Waals surface area contributed by atoms with E-state index in [9.17, 15) is 4.79 Å². The van der Waals surface area contributed by atoms with Gasteiger partial charge >= 0.3 is 17.6 Å². The molecule has 0 radical (unpaired) electrons. The van der Waals surface area contributed by atoms with Crippen molar-refractivity contribution < 1.29 is 31.4 Å². The van der Waals surface area contributed by atoms with Gasteiger partial charge in [-0.2, -0.15) is 0 Å². The topological polar surface area (TPSA) is 72.5 Å². The highest BCUT2D eigenvalue weighted by Crippen LogP contribution is 2.27. The summed E-state index contributed by atoms with van der Waals surface area (Å²) in [6.07, 6.45) is 1.39. The van der Waals surface area contributed by atoms with E-state index in [2.05, 4.69) is 0 Å². The maximum Gasteiger partial charge on any atom is 0.500 e. The van der Waals surface area contributed by atoms with Crippen LogP contribution in [0.15, 0.2) is 0 Å². The van der Waals surface area contributed by atoms with Gasteiger partial charge in [-0.3, -0.25) is 4.79 Å². The molecule has 2 atom stereocenters. The zero-order valence-corrected chi connectivity index (χ0v) is 22.6. The molecular formula is C21H46O7Si2. The molecular weight excluding hydrogens is 420 g/mol. The SMILES string of the molecule is CCO[Si](CCC(C)C(=O)C(C)CC[Si](OCC)(OCC)OCC)(OCC)OCC. The second-order valence-corrected chi connectivity index (χ2v) is 12.7. The molecule has 0 amide bonds. The Bertz CT molecular complexity index is 379. The lowest BCUT2D eigenvalue weighted by atomic mass is 9.92. The number of hydrogen-bond acceptors (Lipinski definition) is 7. The molecule has 0 saturated carbocycles. The van der Waals surface area contributed by atoms with Gasteiger partial charge in [-0.15, -0.1) is 0 Å². The Morgan fingerprint density at radius 2 is 0.800 bits per heavy atom. The Morgan fingerprint density at radius 1 is 0.567 bits per heavy atom. The number of ketones is 1. The number of hydrogen-bond donors (Lipinski definition) is 0. The van der Waals surface area contributed by atoms with Crippen LogP contribution < -0.4 is 0 Å². The molecule has 0 N–H and O–H groups in total. The fraction of sp³-hybridized carbons (Fsp3) is 0.952. The van der Waals surface area contributed by atoms with E-state index in [-0.39, 0.29) is 17.6 Å². The van der Waals surface area contributed by atoms with Crippen molar-refractivity contribution in [1.82, 2.24) is 0 Å². The van der Waals surface area contributed by atoms with Crippen LogP contribution in [0, 0.1) is 11.8 Å². The summed E-state index contributed by atoms with van der Waals surface area (Å²) in [5.41, 5.74) is 0. The highest BCUT2D eigenvalue weighted by molar-refractivity contribution is 6.61. The molecule has 0 fully saturated rings. The van der Waals surface area contributed by atoms with E-state index in [0.717, 1.165) is 0 Å². The van der Waals surface area contributed by atoms with Crippen molar-refractivity contribution in [3.05, 3.63) is 0 Å². The van der Waals surface area contributed by atoms with Gasteiger partial charge in [0.1, 0.15) is 5.78 Å². The van der Waals surface area contributed by atoms with Crippen LogP contribution in [0.1, 0.15) is 68.2 Å². The van der Waals surface area contributed by atoms with Crippen molar-refractivity contribution in [2.75, 3.05) is 39.6 Å². The van der Waals surface area contributed by atoms with Gasteiger partial charge in [0.25, 0.3) is 0 Å². The van der Waals surface area contributed by atoms with Crippen LogP contribution >= 0.6 is 0 Å². The van der Waals surface area contributed by atoms with Gasteiger partial charge in [0, 0.05) is 63.6 Å².